The number of unbranched alkanes of at least 4 members (excludes halogenated alkanes) is 1. The number of nitrogens with two attached hydrogens (primary N) is 1. The fourth-order valence-electron chi connectivity index (χ4n) is 3.55. The van der Waals surface area contributed by atoms with Crippen molar-refractivity contribution in [2.24, 2.45) is 10.7 Å². The molecule has 2 rings (SSSR count). The van der Waals surface area contributed by atoms with Crippen molar-refractivity contribution in [1.82, 2.24) is 9.80 Å². The van der Waals surface area contributed by atoms with Gasteiger partial charge < -0.3 is 10.6 Å². The van der Waals surface area contributed by atoms with Gasteiger partial charge in [-0.1, -0.05) is 19.8 Å². The first-order valence-corrected chi connectivity index (χ1v) is 7.88. The Labute approximate surface area is 118 Å². The van der Waals surface area contributed by atoms with Crippen LogP contribution in [0.1, 0.15) is 39.0 Å². The first-order valence-electron chi connectivity index (χ1n) is 7.88. The molecule has 2 heterocycles. The normalized spacial score (nSPS) is 34.4. The molecule has 2 aliphatic heterocycles. The standard InChI is InChI=1S/C15H30N4/c1-3-4-6-15(7-8-17-13-14(15)16)19-10-5-9-18(2)11-12-19/h13-14H,3-12,16H2,1-2H3. The lowest BCUT2D eigenvalue weighted by Crippen LogP contribution is -2.63. The van der Waals surface area contributed by atoms with Gasteiger partial charge >= 0.3 is 0 Å². The summed E-state index contributed by atoms with van der Waals surface area (Å²) in [6, 6.07) is 0.108. The maximum absolute atomic E-state index is 6.47. The molecule has 2 atom stereocenters. The summed E-state index contributed by atoms with van der Waals surface area (Å²) < 4.78 is 0. The first-order chi connectivity index (χ1) is 9.19. The van der Waals surface area contributed by atoms with Crippen molar-refractivity contribution in [2.45, 2.75) is 50.6 Å². The quantitative estimate of drug-likeness (QED) is 0.835. The maximum atomic E-state index is 6.47. The number of rotatable bonds is 4. The van der Waals surface area contributed by atoms with Gasteiger partial charge in [-0.15, -0.1) is 0 Å². The molecule has 2 N–H and O–H groups in total. The summed E-state index contributed by atoms with van der Waals surface area (Å²) in [6.07, 6.45) is 8.14. The summed E-state index contributed by atoms with van der Waals surface area (Å²) in [5.74, 6) is 0. The lowest BCUT2D eigenvalue weighted by Gasteiger charge is -2.48. The molecule has 0 saturated carbocycles. The Morgan fingerprint density at radius 1 is 1.32 bits per heavy atom. The number of nitrogens with zero attached hydrogens (tertiary/aromatic N) is 3. The Kier molecular flexibility index (Phi) is 5.37. The van der Waals surface area contributed by atoms with Gasteiger partial charge in [0.05, 0.1) is 6.04 Å². The van der Waals surface area contributed by atoms with Crippen molar-refractivity contribution in [3.63, 3.8) is 0 Å². The van der Waals surface area contributed by atoms with Crippen LogP contribution < -0.4 is 5.73 Å². The predicted octanol–water partition coefficient (Wildman–Crippen LogP) is 1.35. The van der Waals surface area contributed by atoms with E-state index in [2.05, 4.69) is 28.8 Å². The molecule has 0 aromatic heterocycles. The average molecular weight is 266 g/mol. The van der Waals surface area contributed by atoms with E-state index in [9.17, 15) is 0 Å². The Morgan fingerprint density at radius 2 is 2.16 bits per heavy atom. The Hall–Kier alpha value is -0.450. The molecule has 2 unspecified atom stereocenters. The highest BCUT2D eigenvalue weighted by atomic mass is 15.3. The van der Waals surface area contributed by atoms with Gasteiger partial charge in [-0.2, -0.15) is 0 Å². The van der Waals surface area contributed by atoms with E-state index in [1.54, 1.807) is 0 Å². The topological polar surface area (TPSA) is 44.9 Å². The van der Waals surface area contributed by atoms with E-state index in [4.69, 9.17) is 5.73 Å². The predicted molar refractivity (Wildman–Crippen MR) is 81.9 cm³/mol. The van der Waals surface area contributed by atoms with E-state index in [1.807, 2.05) is 6.21 Å². The molecule has 0 radical (unpaired) electrons. The van der Waals surface area contributed by atoms with Crippen LogP contribution in [-0.4, -0.2) is 67.4 Å². The lowest BCUT2D eigenvalue weighted by molar-refractivity contribution is 0.0635. The van der Waals surface area contributed by atoms with Gasteiger partial charge in [-0.25, -0.2) is 0 Å². The van der Waals surface area contributed by atoms with Gasteiger partial charge in [0.1, 0.15) is 0 Å². The van der Waals surface area contributed by atoms with Crippen LogP contribution in [0.2, 0.25) is 0 Å². The second kappa shape index (κ2) is 6.82. The molecule has 4 nitrogen and oxygen atoms in total. The maximum Gasteiger partial charge on any atom is 0.0582 e. The summed E-state index contributed by atoms with van der Waals surface area (Å²) >= 11 is 0. The molecular weight excluding hydrogens is 236 g/mol. The number of hydrogen-bond donors (Lipinski definition) is 1. The van der Waals surface area contributed by atoms with E-state index in [0.29, 0.717) is 0 Å². The molecule has 0 aromatic carbocycles. The molecule has 0 aromatic rings. The van der Waals surface area contributed by atoms with Crippen LogP contribution >= 0.6 is 0 Å². The second-order valence-corrected chi connectivity index (χ2v) is 6.18. The molecule has 0 spiro atoms. The molecule has 0 bridgehead atoms. The smallest absolute Gasteiger partial charge is 0.0582 e. The van der Waals surface area contributed by atoms with Crippen LogP contribution in [-0.2, 0) is 0 Å². The van der Waals surface area contributed by atoms with Gasteiger partial charge in [-0.05, 0) is 32.9 Å². The molecule has 1 fully saturated rings. The zero-order valence-electron chi connectivity index (χ0n) is 12.6. The average Bonchev–Trinajstić information content (AvgIpc) is 2.63. The van der Waals surface area contributed by atoms with Crippen LogP contribution in [0.5, 0.6) is 0 Å². The zero-order valence-corrected chi connectivity index (χ0v) is 12.6. The number of hydrogen-bond acceptors (Lipinski definition) is 4. The summed E-state index contributed by atoms with van der Waals surface area (Å²) in [6.45, 7) is 7.94. The fourth-order valence-corrected chi connectivity index (χ4v) is 3.55. The third-order valence-electron chi connectivity index (χ3n) is 4.87. The minimum absolute atomic E-state index is 0.108. The van der Waals surface area contributed by atoms with Crippen LogP contribution in [0.15, 0.2) is 4.99 Å². The zero-order chi connectivity index (χ0) is 13.7. The SMILES string of the molecule is CCCCC1(N2CCCN(C)CC2)CCN=CC1N. The highest BCUT2D eigenvalue weighted by Gasteiger charge is 2.42. The van der Waals surface area contributed by atoms with E-state index < -0.39 is 0 Å². The summed E-state index contributed by atoms with van der Waals surface area (Å²) in [7, 11) is 2.23. The van der Waals surface area contributed by atoms with Crippen LogP contribution in [0.3, 0.4) is 0 Å². The van der Waals surface area contributed by atoms with Crippen molar-refractivity contribution < 1.29 is 0 Å². The Morgan fingerprint density at radius 3 is 2.89 bits per heavy atom. The van der Waals surface area contributed by atoms with Crippen LogP contribution in [0, 0.1) is 0 Å². The lowest BCUT2D eigenvalue weighted by atomic mass is 9.79. The molecule has 19 heavy (non-hydrogen) atoms. The van der Waals surface area contributed by atoms with Gasteiger partial charge in [0, 0.05) is 37.9 Å². The largest absolute Gasteiger partial charge is 0.322 e. The van der Waals surface area contributed by atoms with Crippen LogP contribution in [0.25, 0.3) is 0 Å². The minimum Gasteiger partial charge on any atom is -0.322 e. The van der Waals surface area contributed by atoms with E-state index in [0.717, 1.165) is 26.1 Å². The van der Waals surface area contributed by atoms with Crippen molar-refractivity contribution in [1.29, 1.82) is 0 Å². The van der Waals surface area contributed by atoms with Gasteiger partial charge in [0.15, 0.2) is 0 Å². The monoisotopic (exact) mass is 266 g/mol. The highest BCUT2D eigenvalue weighted by molar-refractivity contribution is 5.67. The molecular formula is C15H30N4. The Balaban J connectivity index is 2.14. The number of likely N-dealkylation sites (N-methyl/N-ethyl adjacent to an activating group) is 1. The summed E-state index contributed by atoms with van der Waals surface area (Å²) in [5, 5.41) is 0. The van der Waals surface area contributed by atoms with Crippen molar-refractivity contribution in [3.8, 4) is 0 Å². The summed E-state index contributed by atoms with van der Waals surface area (Å²) in [5.41, 5.74) is 6.64. The van der Waals surface area contributed by atoms with E-state index in [-0.39, 0.29) is 11.6 Å². The molecule has 110 valence electrons. The van der Waals surface area contributed by atoms with Gasteiger partial charge in [0.25, 0.3) is 0 Å². The van der Waals surface area contributed by atoms with Crippen molar-refractivity contribution in [3.05, 3.63) is 0 Å². The third-order valence-corrected chi connectivity index (χ3v) is 4.87. The van der Waals surface area contributed by atoms with Crippen molar-refractivity contribution in [2.75, 3.05) is 39.8 Å². The van der Waals surface area contributed by atoms with Crippen molar-refractivity contribution >= 4 is 6.21 Å². The minimum atomic E-state index is 0.108. The molecule has 2 aliphatic rings. The van der Waals surface area contributed by atoms with Crippen LogP contribution in [0.4, 0.5) is 0 Å². The fraction of sp³-hybridized carbons (Fsp3) is 0.933. The highest BCUT2D eigenvalue weighted by Crippen LogP contribution is 2.32. The van der Waals surface area contributed by atoms with E-state index >= 15 is 0 Å². The molecule has 0 amide bonds. The van der Waals surface area contributed by atoms with Gasteiger partial charge in [0.2, 0.25) is 0 Å². The second-order valence-electron chi connectivity index (χ2n) is 6.18. The molecule has 4 heteroatoms. The number of aliphatic imine (C=N–C) groups is 1. The Bertz CT molecular complexity index is 305. The van der Waals surface area contributed by atoms with E-state index in [1.165, 1.54) is 38.8 Å². The first kappa shape index (κ1) is 14.9. The summed E-state index contributed by atoms with van der Waals surface area (Å²) in [4.78, 5) is 9.53. The molecule has 0 aliphatic carbocycles. The van der Waals surface area contributed by atoms with Gasteiger partial charge in [-0.3, -0.25) is 9.89 Å². The third kappa shape index (κ3) is 3.36. The molecule has 1 saturated heterocycles.